The van der Waals surface area contributed by atoms with Gasteiger partial charge >= 0.3 is 6.09 Å². The largest absolute Gasteiger partial charge is 0.465 e. The molecule has 1 aliphatic rings. The van der Waals surface area contributed by atoms with Crippen LogP contribution in [0, 0.1) is 23.5 Å². The van der Waals surface area contributed by atoms with Gasteiger partial charge < -0.3 is 15.5 Å². The number of hydrogen-bond donors (Lipinski definition) is 3. The Hall–Kier alpha value is -3.30. The molecular weight excluding hydrogens is 502 g/mol. The molecule has 9 heteroatoms. The fourth-order valence-electron chi connectivity index (χ4n) is 5.80. The third kappa shape index (κ3) is 6.31. The second kappa shape index (κ2) is 11.1. The monoisotopic (exact) mass is 540 g/mol. The average molecular weight is 541 g/mol. The number of carboxylic acid groups (broad SMARTS) is 1. The van der Waals surface area contributed by atoms with Gasteiger partial charge in [-0.1, -0.05) is 26.0 Å². The van der Waals surface area contributed by atoms with Crippen molar-refractivity contribution in [1.29, 1.82) is 0 Å². The number of carbonyl (C=O) groups is 1. The maximum Gasteiger partial charge on any atom is 0.408 e. The number of amides is 1. The molecule has 0 saturated heterocycles. The van der Waals surface area contributed by atoms with Gasteiger partial charge in [0.15, 0.2) is 0 Å². The minimum atomic E-state index is -1.21. The lowest BCUT2D eigenvalue weighted by atomic mass is 9.93. The smallest absolute Gasteiger partial charge is 0.408 e. The minimum Gasteiger partial charge on any atom is -0.465 e. The van der Waals surface area contributed by atoms with Gasteiger partial charge in [0.25, 0.3) is 0 Å². The van der Waals surface area contributed by atoms with Crippen LogP contribution in [0.25, 0.3) is 5.69 Å². The number of rotatable bonds is 10. The van der Waals surface area contributed by atoms with Gasteiger partial charge in [0.05, 0.1) is 17.8 Å². The Morgan fingerprint density at radius 1 is 1.18 bits per heavy atom. The van der Waals surface area contributed by atoms with Crippen LogP contribution < -0.4 is 5.32 Å². The van der Waals surface area contributed by atoms with Crippen molar-refractivity contribution < 1.29 is 23.8 Å². The van der Waals surface area contributed by atoms with Crippen LogP contribution in [0.4, 0.5) is 13.6 Å². The summed E-state index contributed by atoms with van der Waals surface area (Å²) >= 11 is 0. The molecule has 1 fully saturated rings. The van der Waals surface area contributed by atoms with Gasteiger partial charge in [-0.2, -0.15) is 5.10 Å². The first-order valence-electron chi connectivity index (χ1n) is 13.3. The number of aliphatic hydroxyl groups is 1. The molecule has 1 amide bonds. The van der Waals surface area contributed by atoms with Gasteiger partial charge in [-0.25, -0.2) is 18.3 Å². The van der Waals surface area contributed by atoms with Crippen LogP contribution in [-0.4, -0.2) is 55.2 Å². The molecule has 1 aliphatic carbocycles. The lowest BCUT2D eigenvalue weighted by Crippen LogP contribution is -2.58. The first-order chi connectivity index (χ1) is 18.3. The van der Waals surface area contributed by atoms with Gasteiger partial charge in [0.2, 0.25) is 0 Å². The molecule has 3 N–H and O–H groups in total. The third-order valence-electron chi connectivity index (χ3n) is 7.65. The van der Waals surface area contributed by atoms with Crippen LogP contribution in [-0.2, 0) is 12.0 Å². The quantitative estimate of drug-likeness (QED) is 0.322. The van der Waals surface area contributed by atoms with E-state index in [4.69, 9.17) is 0 Å². The van der Waals surface area contributed by atoms with E-state index in [-0.39, 0.29) is 18.5 Å². The zero-order valence-corrected chi connectivity index (χ0v) is 23.1. The predicted octanol–water partition coefficient (Wildman–Crippen LogP) is 5.36. The minimum absolute atomic E-state index is 0.0451. The van der Waals surface area contributed by atoms with Crippen LogP contribution >= 0.6 is 0 Å². The Kier molecular flexibility index (Phi) is 8.14. The first kappa shape index (κ1) is 28.7. The Labute approximate surface area is 228 Å². The highest BCUT2D eigenvalue weighted by molar-refractivity contribution is 5.66. The highest BCUT2D eigenvalue weighted by Gasteiger charge is 2.56. The number of benzene rings is 2. The molecule has 4 unspecified atom stereocenters. The molecule has 3 aromatic rings. The van der Waals surface area contributed by atoms with Crippen LogP contribution in [0.3, 0.4) is 0 Å². The summed E-state index contributed by atoms with van der Waals surface area (Å²) < 4.78 is 29.7. The number of nitrogens with zero attached hydrogens (tertiary/aromatic N) is 3. The molecule has 1 aromatic heterocycles. The molecule has 210 valence electrons. The lowest BCUT2D eigenvalue weighted by molar-refractivity contribution is 0.00611. The van der Waals surface area contributed by atoms with E-state index in [0.29, 0.717) is 11.8 Å². The van der Waals surface area contributed by atoms with E-state index in [2.05, 4.69) is 36.4 Å². The van der Waals surface area contributed by atoms with Gasteiger partial charge in [-0.05, 0) is 86.9 Å². The van der Waals surface area contributed by atoms with E-state index < -0.39 is 41.0 Å². The van der Waals surface area contributed by atoms with E-state index in [1.165, 1.54) is 17.0 Å². The van der Waals surface area contributed by atoms with Gasteiger partial charge in [-0.15, -0.1) is 0 Å². The lowest BCUT2D eigenvalue weighted by Gasteiger charge is -2.42. The van der Waals surface area contributed by atoms with E-state index in [1.54, 1.807) is 31.6 Å². The zero-order chi connectivity index (χ0) is 28.5. The molecule has 4 atom stereocenters. The van der Waals surface area contributed by atoms with Crippen molar-refractivity contribution in [2.45, 2.75) is 70.7 Å². The average Bonchev–Trinajstić information content (AvgIpc) is 3.33. The second-order valence-electron chi connectivity index (χ2n) is 11.8. The second-order valence-corrected chi connectivity index (χ2v) is 11.8. The summed E-state index contributed by atoms with van der Waals surface area (Å²) in [5.41, 5.74) is 1.00. The zero-order valence-electron chi connectivity index (χ0n) is 23.1. The summed E-state index contributed by atoms with van der Waals surface area (Å²) in [6, 6.07) is 12.1. The summed E-state index contributed by atoms with van der Waals surface area (Å²) in [7, 11) is 0. The molecule has 0 bridgehead atoms. The number of aliphatic hydroxyl groups excluding tert-OH is 1. The summed E-state index contributed by atoms with van der Waals surface area (Å²) in [6.07, 6.45) is 2.06. The molecular formula is C30H38F2N4O3. The van der Waals surface area contributed by atoms with E-state index in [9.17, 15) is 23.8 Å². The molecule has 7 nitrogen and oxygen atoms in total. The number of halogens is 2. The van der Waals surface area contributed by atoms with Crippen molar-refractivity contribution in [1.82, 2.24) is 20.0 Å². The summed E-state index contributed by atoms with van der Waals surface area (Å²) in [5, 5.41) is 29.5. The fraction of sp³-hybridized carbons (Fsp3) is 0.467. The van der Waals surface area contributed by atoms with Gasteiger partial charge in [0.1, 0.15) is 11.6 Å². The molecule has 39 heavy (non-hydrogen) atoms. The van der Waals surface area contributed by atoms with Crippen molar-refractivity contribution in [2.75, 3.05) is 6.54 Å². The SMILES string of the molecule is CC(C)C1CC1(NCC(O)C(Cc1cc(F)cc(F)c1)N(C(=O)O)C(C)(C)C)c1cccc(-n2cccn2)c1. The Morgan fingerprint density at radius 2 is 1.87 bits per heavy atom. The van der Waals surface area contributed by atoms with Gasteiger partial charge in [0, 0.05) is 36.1 Å². The molecule has 0 radical (unpaired) electrons. The van der Waals surface area contributed by atoms with E-state index in [1.807, 2.05) is 24.4 Å². The topological polar surface area (TPSA) is 90.6 Å². The molecule has 0 aliphatic heterocycles. The van der Waals surface area contributed by atoms with Crippen LogP contribution in [0.1, 0.15) is 52.2 Å². The third-order valence-corrected chi connectivity index (χ3v) is 7.65. The van der Waals surface area contributed by atoms with Crippen LogP contribution in [0.5, 0.6) is 0 Å². The highest BCUT2D eigenvalue weighted by atomic mass is 19.1. The fourth-order valence-corrected chi connectivity index (χ4v) is 5.80. The van der Waals surface area contributed by atoms with Crippen LogP contribution in [0.15, 0.2) is 60.9 Å². The summed E-state index contributed by atoms with van der Waals surface area (Å²) in [5.74, 6) is -0.809. The maximum atomic E-state index is 14.0. The first-order valence-corrected chi connectivity index (χ1v) is 13.3. The van der Waals surface area contributed by atoms with Crippen molar-refractivity contribution in [3.05, 3.63) is 83.7 Å². The number of nitrogens with one attached hydrogen (secondary N) is 1. The molecule has 1 heterocycles. The summed E-state index contributed by atoms with van der Waals surface area (Å²) in [6.45, 7) is 9.62. The Balaban J connectivity index is 1.63. The number of hydrogen-bond acceptors (Lipinski definition) is 4. The van der Waals surface area contributed by atoms with Crippen molar-refractivity contribution >= 4 is 6.09 Å². The van der Waals surface area contributed by atoms with Crippen molar-refractivity contribution in [3.63, 3.8) is 0 Å². The standard InChI is InChI=1S/C30H38F2N4O3/c1-19(2)25-17-30(25,21-8-6-9-24(15-21)35-11-7-10-34-35)33-18-27(37)26(36(28(38)39)29(3,4)5)14-20-12-22(31)16-23(32)13-20/h6-13,15-16,19,25-27,33,37H,14,17-18H2,1-5H3,(H,38,39). The molecule has 2 aromatic carbocycles. The Bertz CT molecular complexity index is 1270. The van der Waals surface area contributed by atoms with E-state index >= 15 is 0 Å². The van der Waals surface area contributed by atoms with E-state index in [0.717, 1.165) is 23.7 Å². The highest BCUT2D eigenvalue weighted by Crippen LogP contribution is 2.56. The van der Waals surface area contributed by atoms with Crippen molar-refractivity contribution in [2.24, 2.45) is 11.8 Å². The van der Waals surface area contributed by atoms with Crippen LogP contribution in [0.2, 0.25) is 0 Å². The van der Waals surface area contributed by atoms with Gasteiger partial charge in [-0.3, -0.25) is 4.90 Å². The molecule has 4 rings (SSSR count). The Morgan fingerprint density at radius 3 is 2.41 bits per heavy atom. The number of aromatic nitrogens is 2. The molecule has 0 spiro atoms. The normalized spacial score (nSPS) is 20.6. The molecule has 1 saturated carbocycles. The van der Waals surface area contributed by atoms with Crippen molar-refractivity contribution in [3.8, 4) is 5.69 Å². The summed E-state index contributed by atoms with van der Waals surface area (Å²) in [4.78, 5) is 13.6. The predicted molar refractivity (Wildman–Crippen MR) is 146 cm³/mol. The maximum absolute atomic E-state index is 14.0.